The molecule has 1 aliphatic heterocycles. The van der Waals surface area contributed by atoms with Crippen LogP contribution in [0.15, 0.2) is 0 Å². The second-order valence-corrected chi connectivity index (χ2v) is 3.28. The van der Waals surface area contributed by atoms with Crippen LogP contribution in [0.25, 0.3) is 0 Å². The van der Waals surface area contributed by atoms with Gasteiger partial charge in [-0.2, -0.15) is 0 Å². The number of carbonyl (C=O) groups is 1. The van der Waals surface area contributed by atoms with Crippen molar-refractivity contribution < 1.29 is 18.7 Å². The minimum Gasteiger partial charge on any atom is -0.481 e. The molecule has 0 aromatic carbocycles. The fraction of sp³-hybridized carbons (Fsp3) is 0.875. The molecule has 1 aliphatic rings. The predicted molar refractivity (Wildman–Crippen MR) is 42.9 cm³/mol. The first kappa shape index (κ1) is 10.4. The minimum absolute atomic E-state index is 0.0211. The highest BCUT2D eigenvalue weighted by Gasteiger charge is 2.28. The van der Waals surface area contributed by atoms with Gasteiger partial charge in [0.1, 0.15) is 0 Å². The van der Waals surface area contributed by atoms with Crippen LogP contribution in [0, 0.1) is 0 Å². The van der Waals surface area contributed by atoms with Gasteiger partial charge >= 0.3 is 5.97 Å². The molecule has 0 aromatic heterocycles. The van der Waals surface area contributed by atoms with Gasteiger partial charge in [0.2, 0.25) is 0 Å². The van der Waals surface area contributed by atoms with E-state index in [4.69, 9.17) is 5.11 Å². The summed E-state index contributed by atoms with van der Waals surface area (Å²) >= 11 is 0. The molecule has 5 heteroatoms. The molecule has 1 rings (SSSR count). The Bertz CT molecular complexity index is 187. The van der Waals surface area contributed by atoms with Gasteiger partial charge in [-0.05, 0) is 19.4 Å². The summed E-state index contributed by atoms with van der Waals surface area (Å²) in [5, 5.41) is 8.51. The fourth-order valence-electron chi connectivity index (χ4n) is 1.75. The van der Waals surface area contributed by atoms with Crippen molar-refractivity contribution in [1.29, 1.82) is 0 Å². The second-order valence-electron chi connectivity index (χ2n) is 3.28. The largest absolute Gasteiger partial charge is 0.481 e. The summed E-state index contributed by atoms with van der Waals surface area (Å²) in [4.78, 5) is 11.9. The van der Waals surface area contributed by atoms with Crippen molar-refractivity contribution in [3.63, 3.8) is 0 Å². The molecule has 3 nitrogen and oxygen atoms in total. The summed E-state index contributed by atoms with van der Waals surface area (Å²) in [6.45, 7) is 0.306. The number of carboxylic acids is 1. The molecule has 76 valence electrons. The van der Waals surface area contributed by atoms with E-state index in [1.165, 1.54) is 0 Å². The molecule has 0 aromatic rings. The first-order valence-corrected chi connectivity index (χ1v) is 4.33. The zero-order valence-corrected chi connectivity index (χ0v) is 7.25. The van der Waals surface area contributed by atoms with Gasteiger partial charge in [-0.3, -0.25) is 9.69 Å². The van der Waals surface area contributed by atoms with E-state index < -0.39 is 12.4 Å². The van der Waals surface area contributed by atoms with Crippen LogP contribution in [0.1, 0.15) is 19.3 Å². The van der Waals surface area contributed by atoms with Crippen LogP contribution < -0.4 is 0 Å². The van der Waals surface area contributed by atoms with Crippen molar-refractivity contribution >= 4 is 5.97 Å². The SMILES string of the molecule is O=C(O)CC1CCCN1CC(F)F. The number of rotatable bonds is 4. The molecule has 0 saturated carbocycles. The topological polar surface area (TPSA) is 40.5 Å². The third-order valence-electron chi connectivity index (χ3n) is 2.28. The smallest absolute Gasteiger partial charge is 0.304 e. The molecular formula is C8H13F2NO2. The van der Waals surface area contributed by atoms with E-state index in [9.17, 15) is 13.6 Å². The molecule has 0 spiro atoms. The molecule has 13 heavy (non-hydrogen) atoms. The quantitative estimate of drug-likeness (QED) is 0.729. The molecule has 1 heterocycles. The maximum Gasteiger partial charge on any atom is 0.304 e. The third-order valence-corrected chi connectivity index (χ3v) is 2.28. The summed E-state index contributed by atoms with van der Waals surface area (Å²) in [5.74, 6) is -0.911. The zero-order chi connectivity index (χ0) is 9.84. The average Bonchev–Trinajstić information content (AvgIpc) is 2.34. The van der Waals surface area contributed by atoms with Crippen LogP contribution in [-0.2, 0) is 4.79 Å². The lowest BCUT2D eigenvalue weighted by atomic mass is 10.1. The monoisotopic (exact) mass is 193 g/mol. The molecule has 0 bridgehead atoms. The predicted octanol–water partition coefficient (Wildman–Crippen LogP) is 1.19. The summed E-state index contributed by atoms with van der Waals surface area (Å²) in [6, 6.07) is -0.188. The van der Waals surface area contributed by atoms with Gasteiger partial charge in [-0.15, -0.1) is 0 Å². The molecule has 1 saturated heterocycles. The van der Waals surface area contributed by atoms with E-state index in [1.54, 1.807) is 4.90 Å². The molecule has 0 aliphatic carbocycles. The van der Waals surface area contributed by atoms with E-state index in [0.717, 1.165) is 12.8 Å². The lowest BCUT2D eigenvalue weighted by Crippen LogP contribution is -2.35. The fourth-order valence-corrected chi connectivity index (χ4v) is 1.75. The van der Waals surface area contributed by atoms with Crippen molar-refractivity contribution in [3.05, 3.63) is 0 Å². The molecule has 1 unspecified atom stereocenters. The van der Waals surface area contributed by atoms with Gasteiger partial charge in [0.25, 0.3) is 6.43 Å². The van der Waals surface area contributed by atoms with E-state index in [0.29, 0.717) is 6.54 Å². The second kappa shape index (κ2) is 4.50. The van der Waals surface area contributed by atoms with Crippen LogP contribution in [0.2, 0.25) is 0 Å². The Morgan fingerprint density at radius 3 is 2.85 bits per heavy atom. The van der Waals surface area contributed by atoms with Crippen LogP contribution in [0.3, 0.4) is 0 Å². The van der Waals surface area contributed by atoms with E-state index in [-0.39, 0.29) is 19.0 Å². The summed E-state index contributed by atoms with van der Waals surface area (Å²) in [6.07, 6.45) is -0.842. The van der Waals surface area contributed by atoms with Crippen LogP contribution in [0.5, 0.6) is 0 Å². The first-order chi connectivity index (χ1) is 6.09. The molecular weight excluding hydrogens is 180 g/mol. The lowest BCUT2D eigenvalue weighted by molar-refractivity contribution is -0.138. The van der Waals surface area contributed by atoms with Crippen molar-refractivity contribution in [2.75, 3.05) is 13.1 Å². The van der Waals surface area contributed by atoms with Crippen LogP contribution in [-0.4, -0.2) is 41.5 Å². The molecule has 1 fully saturated rings. The van der Waals surface area contributed by atoms with Crippen LogP contribution in [0.4, 0.5) is 8.78 Å². The van der Waals surface area contributed by atoms with E-state index >= 15 is 0 Å². The third kappa shape index (κ3) is 3.26. The average molecular weight is 193 g/mol. The maximum atomic E-state index is 12.0. The number of likely N-dealkylation sites (tertiary alicyclic amines) is 1. The number of carboxylic acid groups (broad SMARTS) is 1. The van der Waals surface area contributed by atoms with Gasteiger partial charge in [-0.1, -0.05) is 0 Å². The standard InChI is InChI=1S/C8H13F2NO2/c9-7(10)5-11-3-1-2-6(11)4-8(12)13/h6-7H,1-5H2,(H,12,13). The number of hydrogen-bond donors (Lipinski definition) is 1. The zero-order valence-electron chi connectivity index (χ0n) is 7.25. The number of hydrogen-bond acceptors (Lipinski definition) is 2. The van der Waals surface area contributed by atoms with Crippen molar-refractivity contribution in [1.82, 2.24) is 4.90 Å². The highest BCUT2D eigenvalue weighted by atomic mass is 19.3. The minimum atomic E-state index is -2.37. The maximum absolute atomic E-state index is 12.0. The highest BCUT2D eigenvalue weighted by Crippen LogP contribution is 2.20. The van der Waals surface area contributed by atoms with Gasteiger partial charge in [0.15, 0.2) is 0 Å². The molecule has 0 radical (unpaired) electrons. The van der Waals surface area contributed by atoms with E-state index in [1.807, 2.05) is 0 Å². The number of alkyl halides is 2. The Labute approximate surface area is 75.3 Å². The van der Waals surface area contributed by atoms with E-state index in [2.05, 4.69) is 0 Å². The van der Waals surface area contributed by atoms with Gasteiger partial charge in [0, 0.05) is 6.04 Å². The van der Waals surface area contributed by atoms with Crippen molar-refractivity contribution in [3.8, 4) is 0 Å². The Morgan fingerprint density at radius 2 is 2.31 bits per heavy atom. The van der Waals surface area contributed by atoms with Crippen molar-refractivity contribution in [2.45, 2.75) is 31.7 Å². The molecule has 1 atom stereocenters. The Morgan fingerprint density at radius 1 is 1.62 bits per heavy atom. The molecule has 0 amide bonds. The number of halogens is 2. The van der Waals surface area contributed by atoms with Crippen LogP contribution >= 0.6 is 0 Å². The lowest BCUT2D eigenvalue weighted by Gasteiger charge is -2.22. The van der Waals surface area contributed by atoms with Gasteiger partial charge < -0.3 is 5.11 Å². The first-order valence-electron chi connectivity index (χ1n) is 4.33. The number of nitrogens with zero attached hydrogens (tertiary/aromatic N) is 1. The Hall–Kier alpha value is -0.710. The summed E-state index contributed by atoms with van der Waals surface area (Å²) in [5.41, 5.74) is 0. The highest BCUT2D eigenvalue weighted by molar-refractivity contribution is 5.67. The Balaban J connectivity index is 2.39. The number of aliphatic carboxylic acids is 1. The summed E-state index contributed by atoms with van der Waals surface area (Å²) in [7, 11) is 0. The molecule has 1 N–H and O–H groups in total. The summed E-state index contributed by atoms with van der Waals surface area (Å²) < 4.78 is 24.0. The van der Waals surface area contributed by atoms with Crippen molar-refractivity contribution in [2.24, 2.45) is 0 Å². The normalized spacial score (nSPS) is 24.1. The van der Waals surface area contributed by atoms with Gasteiger partial charge in [-0.25, -0.2) is 8.78 Å². The van der Waals surface area contributed by atoms with Gasteiger partial charge in [0.05, 0.1) is 13.0 Å². The Kier molecular flexibility index (Phi) is 3.59.